The quantitative estimate of drug-likeness (QED) is 0.810. The van der Waals surface area contributed by atoms with Crippen molar-refractivity contribution in [1.82, 2.24) is 9.78 Å². The first kappa shape index (κ1) is 14.6. The van der Waals surface area contributed by atoms with E-state index < -0.39 is 17.4 Å². The zero-order chi connectivity index (χ0) is 14.9. The van der Waals surface area contributed by atoms with Crippen molar-refractivity contribution in [1.29, 1.82) is 0 Å². The largest absolute Gasteiger partial charge is 0.435 e. The number of carbonyl (C=O) groups excluding carboxylic acids is 1. The minimum absolute atomic E-state index is 0.0719. The van der Waals surface area contributed by atoms with Gasteiger partial charge in [0.15, 0.2) is 12.0 Å². The van der Waals surface area contributed by atoms with E-state index in [0.717, 1.165) is 15.8 Å². The van der Waals surface area contributed by atoms with Gasteiger partial charge in [-0.2, -0.15) is 18.3 Å². The van der Waals surface area contributed by atoms with Crippen LogP contribution in [0.3, 0.4) is 0 Å². The third-order valence-electron chi connectivity index (χ3n) is 2.89. The Morgan fingerprint density at radius 1 is 1.35 bits per heavy atom. The van der Waals surface area contributed by atoms with Crippen molar-refractivity contribution in [3.8, 4) is 0 Å². The van der Waals surface area contributed by atoms with E-state index in [4.69, 9.17) is 11.6 Å². The van der Waals surface area contributed by atoms with Crippen molar-refractivity contribution in [3.63, 3.8) is 0 Å². The number of benzene rings is 1. The van der Waals surface area contributed by atoms with Crippen molar-refractivity contribution < 1.29 is 18.0 Å². The second-order valence-corrected chi connectivity index (χ2v) is 4.61. The summed E-state index contributed by atoms with van der Waals surface area (Å²) in [5, 5.41) is 3.11. The van der Waals surface area contributed by atoms with Crippen LogP contribution >= 0.6 is 11.6 Å². The molecule has 0 saturated carbocycles. The van der Waals surface area contributed by atoms with Gasteiger partial charge in [-0.05, 0) is 18.1 Å². The van der Waals surface area contributed by atoms with Gasteiger partial charge in [0.25, 0.3) is 0 Å². The predicted octanol–water partition coefficient (Wildman–Crippen LogP) is 3.72. The molecule has 7 heteroatoms. The molecule has 3 nitrogen and oxygen atoms in total. The Balaban J connectivity index is 2.46. The lowest BCUT2D eigenvalue weighted by Crippen LogP contribution is -2.10. The molecule has 0 unspecified atom stereocenters. The molecule has 0 N–H and O–H groups in total. The van der Waals surface area contributed by atoms with E-state index in [1.165, 1.54) is 0 Å². The maximum Gasteiger partial charge on any atom is 0.435 e. The summed E-state index contributed by atoms with van der Waals surface area (Å²) in [4.78, 5) is 10.8. The first-order chi connectivity index (χ1) is 9.34. The summed E-state index contributed by atoms with van der Waals surface area (Å²) in [6.45, 7) is 1.90. The molecule has 0 atom stereocenters. The fraction of sp³-hybridized carbons (Fsp3) is 0.231. The molecule has 0 fully saturated rings. The van der Waals surface area contributed by atoms with Crippen LogP contribution in [0.5, 0.6) is 0 Å². The average Bonchev–Trinajstić information content (AvgIpc) is 2.69. The molecule has 1 heterocycles. The maximum atomic E-state index is 12.8. The van der Waals surface area contributed by atoms with Crippen LogP contribution < -0.4 is 0 Å². The van der Waals surface area contributed by atoms with Gasteiger partial charge in [0.05, 0.1) is 12.1 Å². The molecule has 0 saturated heterocycles. The smallest absolute Gasteiger partial charge is 0.298 e. The molecular formula is C13H10ClF3N2O. The number of aryl methyl sites for hydroxylation is 1. The number of halogens is 4. The van der Waals surface area contributed by atoms with Crippen molar-refractivity contribution in [2.24, 2.45) is 0 Å². The summed E-state index contributed by atoms with van der Waals surface area (Å²) in [7, 11) is 0. The van der Waals surface area contributed by atoms with Crippen LogP contribution in [-0.2, 0) is 12.7 Å². The highest BCUT2D eigenvalue weighted by molar-refractivity contribution is 6.32. The molecule has 106 valence electrons. The Labute approximate surface area is 118 Å². The molecule has 0 radical (unpaired) electrons. The molecule has 2 rings (SSSR count). The molecule has 0 aliphatic rings. The maximum absolute atomic E-state index is 12.8. The molecule has 20 heavy (non-hydrogen) atoms. The van der Waals surface area contributed by atoms with Gasteiger partial charge in [-0.25, -0.2) is 4.68 Å². The van der Waals surface area contributed by atoms with Gasteiger partial charge in [-0.1, -0.05) is 35.9 Å². The normalized spacial score (nSPS) is 11.7. The number of hydrogen-bond acceptors (Lipinski definition) is 2. The number of hydrogen-bond donors (Lipinski definition) is 0. The highest BCUT2D eigenvalue weighted by Gasteiger charge is 2.39. The Kier molecular flexibility index (Phi) is 3.85. The molecule has 0 aliphatic heterocycles. The lowest BCUT2D eigenvalue weighted by atomic mass is 10.1. The number of alkyl halides is 3. The zero-order valence-electron chi connectivity index (χ0n) is 10.4. The molecule has 1 aromatic carbocycles. The second kappa shape index (κ2) is 5.28. The van der Waals surface area contributed by atoms with Gasteiger partial charge >= 0.3 is 6.18 Å². The van der Waals surface area contributed by atoms with E-state index in [-0.39, 0.29) is 18.0 Å². The van der Waals surface area contributed by atoms with Crippen LogP contribution in [0, 0.1) is 6.92 Å². The predicted molar refractivity (Wildman–Crippen MR) is 67.9 cm³/mol. The van der Waals surface area contributed by atoms with Gasteiger partial charge in [0, 0.05) is 0 Å². The second-order valence-electron chi connectivity index (χ2n) is 4.25. The number of carbonyl (C=O) groups is 1. The van der Waals surface area contributed by atoms with E-state index in [1.54, 1.807) is 12.1 Å². The van der Waals surface area contributed by atoms with Crippen molar-refractivity contribution in [2.45, 2.75) is 19.6 Å². The Hall–Kier alpha value is -1.82. The number of rotatable bonds is 3. The fourth-order valence-electron chi connectivity index (χ4n) is 1.82. The molecular weight excluding hydrogens is 293 g/mol. The Bertz CT molecular complexity index is 650. The van der Waals surface area contributed by atoms with E-state index in [2.05, 4.69) is 5.10 Å². The summed E-state index contributed by atoms with van der Waals surface area (Å²) in [6, 6.07) is 7.19. The standard InChI is InChI=1S/C13H10ClF3N2O/c1-8-4-2-3-5-9(8)6-19-12(14)10(7-20)11(18-19)13(15,16)17/h2-5,7H,6H2,1H3. The van der Waals surface area contributed by atoms with Gasteiger partial charge in [-0.3, -0.25) is 4.79 Å². The highest BCUT2D eigenvalue weighted by Crippen LogP contribution is 2.33. The van der Waals surface area contributed by atoms with E-state index in [1.807, 2.05) is 19.1 Å². The topological polar surface area (TPSA) is 34.9 Å². The minimum atomic E-state index is -4.71. The number of aromatic nitrogens is 2. The van der Waals surface area contributed by atoms with Crippen molar-refractivity contribution in [3.05, 3.63) is 51.8 Å². The van der Waals surface area contributed by atoms with E-state index in [9.17, 15) is 18.0 Å². The van der Waals surface area contributed by atoms with Gasteiger partial charge in [0.1, 0.15) is 5.15 Å². The molecule has 0 amide bonds. The molecule has 0 aliphatic carbocycles. The van der Waals surface area contributed by atoms with Crippen LogP contribution in [0.1, 0.15) is 27.2 Å². The van der Waals surface area contributed by atoms with Crippen LogP contribution in [0.4, 0.5) is 13.2 Å². The molecule has 0 spiro atoms. The van der Waals surface area contributed by atoms with Crippen molar-refractivity contribution >= 4 is 17.9 Å². The average molecular weight is 303 g/mol. The summed E-state index contributed by atoms with van der Waals surface area (Å²) in [5.41, 5.74) is -0.206. The SMILES string of the molecule is Cc1ccccc1Cn1nc(C(F)(F)F)c(C=O)c1Cl. The fourth-order valence-corrected chi connectivity index (χ4v) is 2.05. The summed E-state index contributed by atoms with van der Waals surface area (Å²) >= 11 is 5.81. The van der Waals surface area contributed by atoms with Gasteiger partial charge in [0.2, 0.25) is 0 Å². The van der Waals surface area contributed by atoms with Crippen LogP contribution in [0.2, 0.25) is 5.15 Å². The lowest BCUT2D eigenvalue weighted by Gasteiger charge is -2.06. The first-order valence-corrected chi connectivity index (χ1v) is 6.05. The van der Waals surface area contributed by atoms with Crippen LogP contribution in [-0.4, -0.2) is 16.1 Å². The molecule has 0 bridgehead atoms. The highest BCUT2D eigenvalue weighted by atomic mass is 35.5. The third kappa shape index (κ3) is 2.70. The van der Waals surface area contributed by atoms with Crippen molar-refractivity contribution in [2.75, 3.05) is 0 Å². The summed E-state index contributed by atoms with van der Waals surface area (Å²) in [6.07, 6.45) is -4.64. The Morgan fingerprint density at radius 2 is 2.00 bits per heavy atom. The number of aldehydes is 1. The van der Waals surface area contributed by atoms with E-state index >= 15 is 0 Å². The summed E-state index contributed by atoms with van der Waals surface area (Å²) < 4.78 is 39.2. The van der Waals surface area contributed by atoms with Gasteiger partial charge in [-0.15, -0.1) is 0 Å². The minimum Gasteiger partial charge on any atom is -0.298 e. The van der Waals surface area contributed by atoms with Crippen LogP contribution in [0.15, 0.2) is 24.3 Å². The molecule has 1 aromatic heterocycles. The summed E-state index contributed by atoms with van der Waals surface area (Å²) in [5.74, 6) is 0. The molecule has 2 aromatic rings. The lowest BCUT2D eigenvalue weighted by molar-refractivity contribution is -0.141. The Morgan fingerprint density at radius 3 is 2.50 bits per heavy atom. The third-order valence-corrected chi connectivity index (χ3v) is 3.29. The van der Waals surface area contributed by atoms with E-state index in [0.29, 0.717) is 0 Å². The number of nitrogens with zero attached hydrogens (tertiary/aromatic N) is 2. The first-order valence-electron chi connectivity index (χ1n) is 5.67. The van der Waals surface area contributed by atoms with Gasteiger partial charge < -0.3 is 0 Å². The monoisotopic (exact) mass is 302 g/mol. The van der Waals surface area contributed by atoms with Crippen LogP contribution in [0.25, 0.3) is 0 Å². The zero-order valence-corrected chi connectivity index (χ0v) is 11.2.